The molecule has 22 heavy (non-hydrogen) atoms. The SMILES string of the molecule is CC(CC(F)(F)C(F)(F)C(F)(F)C(F)(F)F)OOC(C)(C)C. The standard InChI is InChI=1S/C11H15F9O2/c1-6(21-22-7(2,3)4)5-8(12,13)9(14,15)10(16,17)11(18,19)20/h6H,5H2,1-4H3. The van der Waals surface area contributed by atoms with E-state index >= 15 is 0 Å². The predicted molar refractivity (Wildman–Crippen MR) is 56.9 cm³/mol. The Labute approximate surface area is 120 Å². The summed E-state index contributed by atoms with van der Waals surface area (Å²) in [6, 6.07) is 0. The molecule has 0 bridgehead atoms. The van der Waals surface area contributed by atoms with Crippen molar-refractivity contribution in [2.75, 3.05) is 0 Å². The molecule has 0 heterocycles. The third-order valence-corrected chi connectivity index (χ3v) is 2.22. The van der Waals surface area contributed by atoms with Crippen molar-refractivity contribution in [3.63, 3.8) is 0 Å². The average Bonchev–Trinajstić information content (AvgIpc) is 2.22. The topological polar surface area (TPSA) is 18.5 Å². The molecule has 0 aliphatic rings. The van der Waals surface area contributed by atoms with Gasteiger partial charge in [-0.15, -0.1) is 0 Å². The van der Waals surface area contributed by atoms with Crippen LogP contribution in [-0.4, -0.2) is 35.6 Å². The van der Waals surface area contributed by atoms with Gasteiger partial charge in [0.25, 0.3) is 0 Å². The van der Waals surface area contributed by atoms with Crippen LogP contribution in [0, 0.1) is 0 Å². The molecule has 0 N–H and O–H groups in total. The molecule has 1 unspecified atom stereocenters. The molecule has 134 valence electrons. The van der Waals surface area contributed by atoms with Crippen molar-refractivity contribution in [1.29, 1.82) is 0 Å². The summed E-state index contributed by atoms with van der Waals surface area (Å²) in [4.78, 5) is 8.81. The summed E-state index contributed by atoms with van der Waals surface area (Å²) < 4.78 is 113. The highest BCUT2D eigenvalue weighted by Crippen LogP contribution is 2.54. The van der Waals surface area contributed by atoms with Crippen molar-refractivity contribution < 1.29 is 49.3 Å². The third kappa shape index (κ3) is 4.64. The van der Waals surface area contributed by atoms with E-state index in [4.69, 9.17) is 0 Å². The van der Waals surface area contributed by atoms with E-state index in [1.807, 2.05) is 0 Å². The first-order valence-electron chi connectivity index (χ1n) is 5.90. The minimum atomic E-state index is -6.89. The minimum Gasteiger partial charge on any atom is -0.233 e. The van der Waals surface area contributed by atoms with Crippen molar-refractivity contribution >= 4 is 0 Å². The highest BCUT2D eigenvalue weighted by molar-refractivity contribution is 5.00. The van der Waals surface area contributed by atoms with Crippen molar-refractivity contribution in [3.8, 4) is 0 Å². The molecule has 0 saturated carbocycles. The largest absolute Gasteiger partial charge is 0.460 e. The summed E-state index contributed by atoms with van der Waals surface area (Å²) in [7, 11) is 0. The Balaban J connectivity index is 5.13. The summed E-state index contributed by atoms with van der Waals surface area (Å²) in [5.41, 5.74) is -1.03. The zero-order valence-corrected chi connectivity index (χ0v) is 12.0. The first kappa shape index (κ1) is 21.3. The molecule has 0 aromatic rings. The Bertz CT molecular complexity index is 371. The molecular weight excluding hydrogens is 335 g/mol. The monoisotopic (exact) mass is 350 g/mol. The van der Waals surface area contributed by atoms with E-state index in [-0.39, 0.29) is 0 Å². The van der Waals surface area contributed by atoms with E-state index in [9.17, 15) is 39.5 Å². The van der Waals surface area contributed by atoms with Crippen LogP contribution >= 0.6 is 0 Å². The van der Waals surface area contributed by atoms with Crippen LogP contribution in [0.1, 0.15) is 34.1 Å². The van der Waals surface area contributed by atoms with E-state index in [2.05, 4.69) is 9.78 Å². The van der Waals surface area contributed by atoms with Gasteiger partial charge in [0.1, 0.15) is 0 Å². The second kappa shape index (κ2) is 6.06. The van der Waals surface area contributed by atoms with Gasteiger partial charge in [0, 0.05) is 6.42 Å². The van der Waals surface area contributed by atoms with Gasteiger partial charge in [-0.25, -0.2) is 9.78 Å². The van der Waals surface area contributed by atoms with Crippen molar-refractivity contribution in [3.05, 3.63) is 0 Å². The Morgan fingerprint density at radius 3 is 1.50 bits per heavy atom. The molecule has 0 spiro atoms. The molecule has 1 atom stereocenters. The number of hydrogen-bond donors (Lipinski definition) is 0. The lowest BCUT2D eigenvalue weighted by molar-refractivity contribution is -0.410. The molecule has 0 saturated heterocycles. The van der Waals surface area contributed by atoms with Gasteiger partial charge in [-0.3, -0.25) is 0 Å². The number of alkyl halides is 9. The first-order valence-corrected chi connectivity index (χ1v) is 5.90. The van der Waals surface area contributed by atoms with Gasteiger partial charge in [0.2, 0.25) is 0 Å². The lowest BCUT2D eigenvalue weighted by atomic mass is 9.99. The van der Waals surface area contributed by atoms with Gasteiger partial charge in [0.05, 0.1) is 11.7 Å². The molecular formula is C11H15F9O2. The number of hydrogen-bond acceptors (Lipinski definition) is 2. The van der Waals surface area contributed by atoms with Crippen LogP contribution in [0.15, 0.2) is 0 Å². The molecule has 0 amide bonds. The van der Waals surface area contributed by atoms with Crippen LogP contribution in [-0.2, 0) is 9.78 Å². The fraction of sp³-hybridized carbons (Fsp3) is 1.00. The van der Waals surface area contributed by atoms with E-state index in [1.165, 1.54) is 20.8 Å². The van der Waals surface area contributed by atoms with Crippen LogP contribution in [0.25, 0.3) is 0 Å². The van der Waals surface area contributed by atoms with Gasteiger partial charge in [-0.1, -0.05) is 0 Å². The molecule has 2 nitrogen and oxygen atoms in total. The summed E-state index contributed by atoms with van der Waals surface area (Å²) in [5, 5.41) is 0. The second-order valence-electron chi connectivity index (χ2n) is 5.66. The van der Waals surface area contributed by atoms with Gasteiger partial charge in [0.15, 0.2) is 0 Å². The van der Waals surface area contributed by atoms with Gasteiger partial charge in [-0.2, -0.15) is 39.5 Å². The number of halogens is 9. The summed E-state index contributed by atoms with van der Waals surface area (Å²) in [6.07, 6.45) is -10.8. The van der Waals surface area contributed by atoms with Crippen LogP contribution in [0.3, 0.4) is 0 Å². The van der Waals surface area contributed by atoms with E-state index < -0.39 is 42.1 Å². The van der Waals surface area contributed by atoms with E-state index in [0.717, 1.165) is 6.92 Å². The molecule has 0 aliphatic carbocycles. The van der Waals surface area contributed by atoms with Gasteiger partial charge in [-0.05, 0) is 27.7 Å². The van der Waals surface area contributed by atoms with Crippen LogP contribution in [0.5, 0.6) is 0 Å². The van der Waals surface area contributed by atoms with Crippen molar-refractivity contribution in [2.24, 2.45) is 0 Å². The highest BCUT2D eigenvalue weighted by Gasteiger charge is 2.81. The lowest BCUT2D eigenvalue weighted by Crippen LogP contribution is -2.61. The van der Waals surface area contributed by atoms with E-state index in [0.29, 0.717) is 0 Å². The number of rotatable bonds is 6. The molecule has 0 rings (SSSR count). The molecule has 0 fully saturated rings. The molecule has 0 aromatic carbocycles. The molecule has 0 aromatic heterocycles. The summed E-state index contributed by atoms with van der Waals surface area (Å²) in [5.74, 6) is -19.2. The average molecular weight is 350 g/mol. The highest BCUT2D eigenvalue weighted by atomic mass is 19.4. The Morgan fingerprint density at radius 2 is 1.18 bits per heavy atom. The van der Waals surface area contributed by atoms with Crippen LogP contribution in [0.2, 0.25) is 0 Å². The predicted octanol–water partition coefficient (Wildman–Crippen LogP) is 4.98. The Kier molecular flexibility index (Phi) is 5.87. The second-order valence-corrected chi connectivity index (χ2v) is 5.66. The fourth-order valence-electron chi connectivity index (χ4n) is 1.16. The maximum atomic E-state index is 13.2. The Morgan fingerprint density at radius 1 is 0.773 bits per heavy atom. The molecule has 0 radical (unpaired) electrons. The van der Waals surface area contributed by atoms with E-state index in [1.54, 1.807) is 0 Å². The lowest BCUT2D eigenvalue weighted by Gasteiger charge is -2.34. The molecule has 11 heteroatoms. The quantitative estimate of drug-likeness (QED) is 0.382. The summed E-state index contributed by atoms with van der Waals surface area (Å²) in [6.45, 7) is 4.99. The maximum absolute atomic E-state index is 13.2. The van der Waals surface area contributed by atoms with Crippen LogP contribution < -0.4 is 0 Å². The van der Waals surface area contributed by atoms with Crippen molar-refractivity contribution in [2.45, 2.75) is 69.8 Å². The van der Waals surface area contributed by atoms with Crippen molar-refractivity contribution in [1.82, 2.24) is 0 Å². The van der Waals surface area contributed by atoms with Crippen LogP contribution in [0.4, 0.5) is 39.5 Å². The van der Waals surface area contributed by atoms with Gasteiger partial charge >= 0.3 is 23.9 Å². The summed E-state index contributed by atoms with van der Waals surface area (Å²) >= 11 is 0. The Hall–Kier alpha value is -0.710. The third-order valence-electron chi connectivity index (χ3n) is 2.22. The zero-order chi connectivity index (χ0) is 18.2. The maximum Gasteiger partial charge on any atom is 0.460 e. The first-order chi connectivity index (χ1) is 9.35. The zero-order valence-electron chi connectivity index (χ0n) is 12.0. The van der Waals surface area contributed by atoms with Gasteiger partial charge < -0.3 is 0 Å². The fourth-order valence-corrected chi connectivity index (χ4v) is 1.16. The molecule has 0 aliphatic heterocycles. The minimum absolute atomic E-state index is 0.765. The normalized spacial score (nSPS) is 16.8. The smallest absolute Gasteiger partial charge is 0.233 e.